The third kappa shape index (κ3) is 1.77. The summed E-state index contributed by atoms with van der Waals surface area (Å²) < 4.78 is 14.0. The van der Waals surface area contributed by atoms with Crippen molar-refractivity contribution in [2.24, 2.45) is 0 Å². The van der Waals surface area contributed by atoms with Crippen molar-refractivity contribution in [2.75, 3.05) is 13.1 Å². The van der Waals surface area contributed by atoms with E-state index in [2.05, 4.69) is 4.90 Å². The Labute approximate surface area is 111 Å². The molecule has 2 heterocycles. The summed E-state index contributed by atoms with van der Waals surface area (Å²) in [6, 6.07) is 4.63. The number of benzene rings is 1. The first-order valence-electron chi connectivity index (χ1n) is 6.54. The Morgan fingerprint density at radius 1 is 1.33 bits per heavy atom. The van der Waals surface area contributed by atoms with E-state index in [9.17, 15) is 9.50 Å². The highest BCUT2D eigenvalue weighted by Gasteiger charge is 2.49. The van der Waals surface area contributed by atoms with Gasteiger partial charge in [0.05, 0.1) is 0 Å². The summed E-state index contributed by atoms with van der Waals surface area (Å²) in [5.74, 6) is -0.391. The zero-order chi connectivity index (χ0) is 12.8. The summed E-state index contributed by atoms with van der Waals surface area (Å²) in [5.41, 5.74) is -0.830. The average Bonchev–Trinajstić information content (AvgIpc) is 2.69. The van der Waals surface area contributed by atoms with Gasteiger partial charge >= 0.3 is 0 Å². The lowest BCUT2D eigenvalue weighted by Gasteiger charge is -2.38. The summed E-state index contributed by atoms with van der Waals surface area (Å²) in [6.45, 7) is 1.82. The molecule has 1 aromatic rings. The molecule has 2 fully saturated rings. The molecule has 0 spiro atoms. The number of aliphatic hydroxyl groups is 1. The van der Waals surface area contributed by atoms with Crippen molar-refractivity contribution in [2.45, 2.75) is 37.3 Å². The first-order chi connectivity index (χ1) is 8.63. The van der Waals surface area contributed by atoms with Crippen LogP contribution in [-0.2, 0) is 5.60 Å². The van der Waals surface area contributed by atoms with Crippen LogP contribution in [0.4, 0.5) is 4.39 Å². The number of piperidine rings is 1. The Morgan fingerprint density at radius 3 is 2.94 bits per heavy atom. The minimum Gasteiger partial charge on any atom is -0.383 e. The van der Waals surface area contributed by atoms with E-state index in [0.29, 0.717) is 17.0 Å². The molecule has 2 aliphatic rings. The van der Waals surface area contributed by atoms with E-state index in [-0.39, 0.29) is 6.04 Å². The van der Waals surface area contributed by atoms with Gasteiger partial charge in [-0.1, -0.05) is 24.1 Å². The van der Waals surface area contributed by atoms with Gasteiger partial charge in [0.15, 0.2) is 0 Å². The van der Waals surface area contributed by atoms with Crippen molar-refractivity contribution < 1.29 is 9.50 Å². The van der Waals surface area contributed by atoms with Crippen LogP contribution in [0.25, 0.3) is 0 Å². The van der Waals surface area contributed by atoms with Crippen LogP contribution in [-0.4, -0.2) is 29.1 Å². The van der Waals surface area contributed by atoms with Crippen molar-refractivity contribution >= 4 is 11.6 Å². The summed E-state index contributed by atoms with van der Waals surface area (Å²) in [6.07, 6.45) is 3.74. The third-order valence-electron chi connectivity index (χ3n) is 4.34. The van der Waals surface area contributed by atoms with Gasteiger partial charge in [-0.05, 0) is 37.9 Å². The van der Waals surface area contributed by atoms with Crippen LogP contribution < -0.4 is 0 Å². The minimum absolute atomic E-state index is 0.0145. The van der Waals surface area contributed by atoms with Gasteiger partial charge in [-0.15, -0.1) is 0 Å². The lowest BCUT2D eigenvalue weighted by atomic mass is 9.82. The van der Waals surface area contributed by atoms with Crippen molar-refractivity contribution in [3.05, 3.63) is 34.6 Å². The average molecular weight is 270 g/mol. The maximum Gasteiger partial charge on any atom is 0.130 e. The summed E-state index contributed by atoms with van der Waals surface area (Å²) >= 11 is 6.11. The van der Waals surface area contributed by atoms with Gasteiger partial charge in [-0.2, -0.15) is 0 Å². The van der Waals surface area contributed by atoms with E-state index in [1.165, 1.54) is 6.07 Å². The van der Waals surface area contributed by atoms with E-state index in [4.69, 9.17) is 11.6 Å². The predicted molar refractivity (Wildman–Crippen MR) is 69.1 cm³/mol. The molecule has 0 aromatic heterocycles. The zero-order valence-corrected chi connectivity index (χ0v) is 11.0. The van der Waals surface area contributed by atoms with Gasteiger partial charge in [-0.3, -0.25) is 4.90 Å². The Morgan fingerprint density at radius 2 is 2.17 bits per heavy atom. The third-order valence-corrected chi connectivity index (χ3v) is 4.66. The number of hydrogen-bond acceptors (Lipinski definition) is 2. The number of nitrogens with zero attached hydrogens (tertiary/aromatic N) is 1. The molecule has 2 nitrogen and oxygen atoms in total. The second-order valence-corrected chi connectivity index (χ2v) is 5.73. The lowest BCUT2D eigenvalue weighted by Crippen LogP contribution is -2.45. The highest BCUT2D eigenvalue weighted by atomic mass is 35.5. The quantitative estimate of drug-likeness (QED) is 0.847. The molecule has 0 radical (unpaired) electrons. The van der Waals surface area contributed by atoms with Crippen molar-refractivity contribution in [3.8, 4) is 0 Å². The molecule has 2 atom stereocenters. The van der Waals surface area contributed by atoms with Crippen LogP contribution in [0.5, 0.6) is 0 Å². The first kappa shape index (κ1) is 12.4. The van der Waals surface area contributed by atoms with Crippen LogP contribution in [0.2, 0.25) is 5.02 Å². The molecule has 0 saturated carbocycles. The molecule has 4 heteroatoms. The molecule has 2 aliphatic heterocycles. The van der Waals surface area contributed by atoms with E-state index in [1.807, 2.05) is 0 Å². The normalized spacial score (nSPS) is 32.5. The Hall–Kier alpha value is -0.640. The molecular weight excluding hydrogens is 253 g/mol. The molecule has 18 heavy (non-hydrogen) atoms. The second kappa shape index (κ2) is 4.48. The van der Waals surface area contributed by atoms with Crippen LogP contribution >= 0.6 is 11.6 Å². The Balaban J connectivity index is 2.04. The Kier molecular flexibility index (Phi) is 3.08. The summed E-state index contributed by atoms with van der Waals surface area (Å²) in [7, 11) is 0. The number of fused-ring (bicyclic) bond motifs is 1. The molecule has 98 valence electrons. The van der Waals surface area contributed by atoms with Gasteiger partial charge in [0.1, 0.15) is 11.4 Å². The highest BCUT2D eigenvalue weighted by molar-refractivity contribution is 6.31. The van der Waals surface area contributed by atoms with E-state index in [0.717, 1.165) is 32.4 Å². The first-order valence-corrected chi connectivity index (χ1v) is 6.91. The highest BCUT2D eigenvalue weighted by Crippen LogP contribution is 2.45. The fourth-order valence-corrected chi connectivity index (χ4v) is 3.81. The smallest absolute Gasteiger partial charge is 0.130 e. The van der Waals surface area contributed by atoms with Gasteiger partial charge in [0.25, 0.3) is 0 Å². The van der Waals surface area contributed by atoms with Crippen LogP contribution in [0, 0.1) is 5.82 Å². The summed E-state index contributed by atoms with van der Waals surface area (Å²) in [5, 5.41) is 11.3. The summed E-state index contributed by atoms with van der Waals surface area (Å²) in [4.78, 5) is 2.27. The monoisotopic (exact) mass is 269 g/mol. The minimum atomic E-state index is -1.12. The standard InChI is InChI=1S/C14H17ClFNO/c15-10-4-3-5-11(16)13(10)14(18)7-9-17-8-2-1-6-12(14)17/h3-5,12,18H,1-2,6-9H2. The van der Waals surface area contributed by atoms with E-state index < -0.39 is 11.4 Å². The second-order valence-electron chi connectivity index (χ2n) is 5.32. The van der Waals surface area contributed by atoms with Crippen LogP contribution in [0.3, 0.4) is 0 Å². The topological polar surface area (TPSA) is 23.5 Å². The molecule has 2 saturated heterocycles. The van der Waals surface area contributed by atoms with Gasteiger partial charge < -0.3 is 5.11 Å². The van der Waals surface area contributed by atoms with Crippen molar-refractivity contribution in [3.63, 3.8) is 0 Å². The number of rotatable bonds is 1. The van der Waals surface area contributed by atoms with Gasteiger partial charge in [0, 0.05) is 23.2 Å². The molecule has 0 amide bonds. The predicted octanol–water partition coefficient (Wildman–Crippen LogP) is 2.92. The SMILES string of the molecule is OC1(c2c(F)cccc2Cl)CCN2CCCCC21. The fraction of sp³-hybridized carbons (Fsp3) is 0.571. The van der Waals surface area contributed by atoms with Crippen molar-refractivity contribution in [1.82, 2.24) is 4.90 Å². The maximum absolute atomic E-state index is 14.0. The zero-order valence-electron chi connectivity index (χ0n) is 10.2. The van der Waals surface area contributed by atoms with Crippen LogP contribution in [0.15, 0.2) is 18.2 Å². The largest absolute Gasteiger partial charge is 0.383 e. The fourth-order valence-electron chi connectivity index (χ4n) is 3.48. The van der Waals surface area contributed by atoms with E-state index in [1.54, 1.807) is 12.1 Å². The van der Waals surface area contributed by atoms with E-state index >= 15 is 0 Å². The van der Waals surface area contributed by atoms with Crippen molar-refractivity contribution in [1.29, 1.82) is 0 Å². The maximum atomic E-state index is 14.0. The number of halogens is 2. The van der Waals surface area contributed by atoms with Gasteiger partial charge in [0.2, 0.25) is 0 Å². The lowest BCUT2D eigenvalue weighted by molar-refractivity contribution is -0.0163. The molecule has 1 N–H and O–H groups in total. The molecule has 0 bridgehead atoms. The van der Waals surface area contributed by atoms with Gasteiger partial charge in [-0.25, -0.2) is 4.39 Å². The Bertz CT molecular complexity index is 447. The number of hydrogen-bond donors (Lipinski definition) is 1. The molecule has 3 rings (SSSR count). The molecule has 1 aromatic carbocycles. The molecular formula is C14H17ClFNO. The molecule has 2 unspecified atom stereocenters. The van der Waals surface area contributed by atoms with Crippen LogP contribution in [0.1, 0.15) is 31.2 Å². The molecule has 0 aliphatic carbocycles.